The molecule has 0 radical (unpaired) electrons. The highest BCUT2D eigenvalue weighted by molar-refractivity contribution is 5.93. The second-order valence-corrected chi connectivity index (χ2v) is 5.19. The number of carbonyl (C=O) groups is 2. The average Bonchev–Trinajstić information content (AvgIpc) is 2.80. The first-order chi connectivity index (χ1) is 9.15. The molecule has 2 aliphatic rings. The smallest absolute Gasteiger partial charge is 0.223 e. The summed E-state index contributed by atoms with van der Waals surface area (Å²) >= 11 is 0. The standard InChI is InChI=1S/C14H17N3O2/c1-10(18)11-2-4-13(15-8-11)16-6-7-17-12(9-16)3-5-14(17)19/h2,4,8,12H,3,5-7,9H2,1H3. The number of hydrogen-bond acceptors (Lipinski definition) is 4. The molecule has 2 aliphatic heterocycles. The van der Waals surface area contributed by atoms with Crippen LogP contribution in [-0.4, -0.2) is 47.3 Å². The van der Waals surface area contributed by atoms with E-state index in [1.807, 2.05) is 17.0 Å². The van der Waals surface area contributed by atoms with Gasteiger partial charge in [-0.2, -0.15) is 0 Å². The SMILES string of the molecule is CC(=O)c1ccc(N2CCN3C(=O)CCC3C2)nc1. The Morgan fingerprint density at radius 3 is 2.89 bits per heavy atom. The molecule has 3 heterocycles. The van der Waals surface area contributed by atoms with Gasteiger partial charge in [0.25, 0.3) is 0 Å². The van der Waals surface area contributed by atoms with Gasteiger partial charge >= 0.3 is 0 Å². The number of ketones is 1. The number of carbonyl (C=O) groups excluding carboxylic acids is 2. The number of piperazine rings is 1. The number of rotatable bonds is 2. The van der Waals surface area contributed by atoms with E-state index >= 15 is 0 Å². The van der Waals surface area contributed by atoms with Crippen molar-refractivity contribution >= 4 is 17.5 Å². The molecule has 3 rings (SSSR count). The van der Waals surface area contributed by atoms with E-state index in [0.29, 0.717) is 18.0 Å². The fourth-order valence-corrected chi connectivity index (χ4v) is 2.85. The van der Waals surface area contributed by atoms with Crippen LogP contribution in [0.15, 0.2) is 18.3 Å². The summed E-state index contributed by atoms with van der Waals surface area (Å²) in [6.45, 7) is 3.98. The van der Waals surface area contributed by atoms with Crippen LogP contribution in [-0.2, 0) is 4.79 Å². The molecule has 5 nitrogen and oxygen atoms in total. The molecular weight excluding hydrogens is 242 g/mol. The molecule has 0 bridgehead atoms. The Balaban J connectivity index is 1.73. The van der Waals surface area contributed by atoms with Crippen molar-refractivity contribution in [2.75, 3.05) is 24.5 Å². The van der Waals surface area contributed by atoms with E-state index in [0.717, 1.165) is 31.9 Å². The van der Waals surface area contributed by atoms with Crippen molar-refractivity contribution in [3.8, 4) is 0 Å². The quantitative estimate of drug-likeness (QED) is 0.746. The third kappa shape index (κ3) is 2.20. The van der Waals surface area contributed by atoms with E-state index in [1.54, 1.807) is 13.1 Å². The fourth-order valence-electron chi connectivity index (χ4n) is 2.85. The minimum absolute atomic E-state index is 0.0326. The number of pyridine rings is 1. The van der Waals surface area contributed by atoms with Crippen LogP contribution in [0.2, 0.25) is 0 Å². The van der Waals surface area contributed by atoms with E-state index < -0.39 is 0 Å². The summed E-state index contributed by atoms with van der Waals surface area (Å²) in [6.07, 6.45) is 3.25. The van der Waals surface area contributed by atoms with Crippen molar-refractivity contribution in [1.29, 1.82) is 0 Å². The Kier molecular flexibility index (Phi) is 2.97. The molecule has 1 atom stereocenters. The lowest BCUT2D eigenvalue weighted by Gasteiger charge is -2.38. The number of nitrogens with zero attached hydrogens (tertiary/aromatic N) is 3. The van der Waals surface area contributed by atoms with Gasteiger partial charge in [-0.3, -0.25) is 9.59 Å². The first kappa shape index (κ1) is 12.1. The molecule has 0 aromatic carbocycles. The Bertz CT molecular complexity index is 512. The van der Waals surface area contributed by atoms with Crippen molar-refractivity contribution in [3.05, 3.63) is 23.9 Å². The maximum atomic E-state index is 11.6. The zero-order chi connectivity index (χ0) is 13.4. The van der Waals surface area contributed by atoms with Crippen molar-refractivity contribution < 1.29 is 9.59 Å². The third-order valence-corrected chi connectivity index (χ3v) is 3.97. The topological polar surface area (TPSA) is 53.5 Å². The molecule has 100 valence electrons. The van der Waals surface area contributed by atoms with Gasteiger partial charge < -0.3 is 9.80 Å². The molecule has 0 saturated carbocycles. The van der Waals surface area contributed by atoms with Crippen molar-refractivity contribution in [2.24, 2.45) is 0 Å². The summed E-state index contributed by atoms with van der Waals surface area (Å²) in [6, 6.07) is 4.04. The van der Waals surface area contributed by atoms with Gasteiger partial charge in [0.05, 0.1) is 0 Å². The number of anilines is 1. The maximum absolute atomic E-state index is 11.6. The van der Waals surface area contributed by atoms with Crippen molar-refractivity contribution in [3.63, 3.8) is 0 Å². The van der Waals surface area contributed by atoms with Gasteiger partial charge in [0.2, 0.25) is 5.91 Å². The van der Waals surface area contributed by atoms with E-state index in [1.165, 1.54) is 0 Å². The highest BCUT2D eigenvalue weighted by atomic mass is 16.2. The van der Waals surface area contributed by atoms with E-state index in [-0.39, 0.29) is 11.7 Å². The molecule has 5 heteroatoms. The summed E-state index contributed by atoms with van der Waals surface area (Å²) in [5.74, 6) is 1.21. The minimum atomic E-state index is 0.0326. The normalized spacial score (nSPS) is 22.6. The summed E-state index contributed by atoms with van der Waals surface area (Å²) < 4.78 is 0. The fraction of sp³-hybridized carbons (Fsp3) is 0.500. The molecule has 1 aromatic heterocycles. The van der Waals surface area contributed by atoms with Gasteiger partial charge in [0.1, 0.15) is 5.82 Å². The summed E-state index contributed by atoms with van der Waals surface area (Å²) in [7, 11) is 0. The van der Waals surface area contributed by atoms with Crippen LogP contribution < -0.4 is 4.90 Å². The van der Waals surface area contributed by atoms with Crippen LogP contribution in [0, 0.1) is 0 Å². The van der Waals surface area contributed by atoms with E-state index in [9.17, 15) is 9.59 Å². The highest BCUT2D eigenvalue weighted by Gasteiger charge is 2.35. The number of fused-ring (bicyclic) bond motifs is 1. The van der Waals surface area contributed by atoms with Gasteiger partial charge in [-0.15, -0.1) is 0 Å². The van der Waals surface area contributed by atoms with E-state index in [2.05, 4.69) is 9.88 Å². The van der Waals surface area contributed by atoms with Crippen LogP contribution >= 0.6 is 0 Å². The summed E-state index contributed by atoms with van der Waals surface area (Å²) in [4.78, 5) is 31.4. The zero-order valence-corrected chi connectivity index (χ0v) is 11.0. The van der Waals surface area contributed by atoms with Crippen molar-refractivity contribution in [2.45, 2.75) is 25.8 Å². The molecule has 0 N–H and O–H groups in total. The Labute approximate surface area is 112 Å². The first-order valence-electron chi connectivity index (χ1n) is 6.66. The number of amides is 1. The monoisotopic (exact) mass is 259 g/mol. The third-order valence-electron chi connectivity index (χ3n) is 3.97. The van der Waals surface area contributed by atoms with Gasteiger partial charge in [0, 0.05) is 43.9 Å². The number of Topliss-reactive ketones (excluding diaryl/α,β-unsaturated/α-hetero) is 1. The Morgan fingerprint density at radius 1 is 1.37 bits per heavy atom. The largest absolute Gasteiger partial charge is 0.353 e. The lowest BCUT2D eigenvalue weighted by atomic mass is 10.1. The lowest BCUT2D eigenvalue weighted by molar-refractivity contribution is -0.129. The predicted molar refractivity (Wildman–Crippen MR) is 71.2 cm³/mol. The van der Waals surface area contributed by atoms with Gasteiger partial charge in [0.15, 0.2) is 5.78 Å². The van der Waals surface area contributed by atoms with Crippen LogP contribution in [0.1, 0.15) is 30.1 Å². The first-order valence-corrected chi connectivity index (χ1v) is 6.66. The molecule has 1 unspecified atom stereocenters. The van der Waals surface area contributed by atoms with Crippen LogP contribution in [0.25, 0.3) is 0 Å². The Hall–Kier alpha value is -1.91. The maximum Gasteiger partial charge on any atom is 0.223 e. The molecule has 1 aromatic rings. The molecule has 2 saturated heterocycles. The molecule has 19 heavy (non-hydrogen) atoms. The Morgan fingerprint density at radius 2 is 2.21 bits per heavy atom. The molecule has 0 spiro atoms. The second kappa shape index (κ2) is 4.64. The number of aromatic nitrogens is 1. The lowest BCUT2D eigenvalue weighted by Crippen LogP contribution is -2.51. The van der Waals surface area contributed by atoms with Gasteiger partial charge in [-0.05, 0) is 25.5 Å². The van der Waals surface area contributed by atoms with Crippen molar-refractivity contribution in [1.82, 2.24) is 9.88 Å². The summed E-state index contributed by atoms with van der Waals surface area (Å²) in [5, 5.41) is 0. The highest BCUT2D eigenvalue weighted by Crippen LogP contribution is 2.25. The summed E-state index contributed by atoms with van der Waals surface area (Å²) in [5.41, 5.74) is 0.637. The van der Waals surface area contributed by atoms with Gasteiger partial charge in [-0.25, -0.2) is 4.98 Å². The average molecular weight is 259 g/mol. The minimum Gasteiger partial charge on any atom is -0.353 e. The van der Waals surface area contributed by atoms with Gasteiger partial charge in [-0.1, -0.05) is 0 Å². The zero-order valence-electron chi connectivity index (χ0n) is 11.0. The molecule has 1 amide bonds. The molecular formula is C14H17N3O2. The van der Waals surface area contributed by atoms with Crippen LogP contribution in [0.4, 0.5) is 5.82 Å². The van der Waals surface area contributed by atoms with Crippen LogP contribution in [0.5, 0.6) is 0 Å². The van der Waals surface area contributed by atoms with Crippen LogP contribution in [0.3, 0.4) is 0 Å². The predicted octanol–water partition coefficient (Wildman–Crippen LogP) is 1.10. The number of hydrogen-bond donors (Lipinski definition) is 0. The molecule has 2 fully saturated rings. The van der Waals surface area contributed by atoms with E-state index in [4.69, 9.17) is 0 Å². The second-order valence-electron chi connectivity index (χ2n) is 5.19. The molecule has 0 aliphatic carbocycles.